The lowest BCUT2D eigenvalue weighted by Crippen LogP contribution is -2.48. The highest BCUT2D eigenvalue weighted by Crippen LogP contribution is 2.35. The van der Waals surface area contributed by atoms with Gasteiger partial charge in [-0.2, -0.15) is 0 Å². The van der Waals surface area contributed by atoms with Crippen LogP contribution >= 0.6 is 22.9 Å². The van der Waals surface area contributed by atoms with Crippen LogP contribution < -0.4 is 21.3 Å². The maximum Gasteiger partial charge on any atom is 0.271 e. The fourth-order valence-corrected chi connectivity index (χ4v) is 6.75. The Balaban J connectivity index is 1.12. The second-order valence-corrected chi connectivity index (χ2v) is 12.7. The van der Waals surface area contributed by atoms with Gasteiger partial charge < -0.3 is 26.2 Å². The molecular formula is C29H34ClN7O2S. The van der Waals surface area contributed by atoms with Crippen molar-refractivity contribution in [2.45, 2.75) is 56.5 Å². The van der Waals surface area contributed by atoms with Crippen LogP contribution in [-0.4, -0.2) is 64.9 Å². The van der Waals surface area contributed by atoms with E-state index >= 15 is 0 Å². The van der Waals surface area contributed by atoms with E-state index in [-0.39, 0.29) is 17.6 Å². The summed E-state index contributed by atoms with van der Waals surface area (Å²) in [6.07, 6.45) is 8.45. The number of nitrogens with one attached hydrogen (secondary N) is 2. The van der Waals surface area contributed by atoms with Crippen molar-refractivity contribution in [3.8, 4) is 0 Å². The second-order valence-electron chi connectivity index (χ2n) is 10.9. The molecule has 3 aliphatic rings. The number of benzene rings is 1. The smallest absolute Gasteiger partial charge is 0.271 e. The molecule has 3 fully saturated rings. The number of thiophene rings is 1. The lowest BCUT2D eigenvalue weighted by molar-refractivity contribution is 0.0936. The van der Waals surface area contributed by atoms with E-state index in [1.807, 2.05) is 12.1 Å². The number of hydrogen-bond donors (Lipinski definition) is 3. The molecule has 11 heteroatoms. The first-order valence-electron chi connectivity index (χ1n) is 14.0. The molecular weight excluding hydrogens is 546 g/mol. The van der Waals surface area contributed by atoms with Gasteiger partial charge in [-0.1, -0.05) is 23.7 Å². The van der Waals surface area contributed by atoms with E-state index in [0.717, 1.165) is 31.1 Å². The molecule has 4 N–H and O–H groups in total. The van der Waals surface area contributed by atoms with Crippen LogP contribution in [0.4, 0.5) is 17.3 Å². The van der Waals surface area contributed by atoms with E-state index in [4.69, 9.17) is 22.3 Å². The van der Waals surface area contributed by atoms with Crippen LogP contribution in [0.3, 0.4) is 0 Å². The Kier molecular flexibility index (Phi) is 7.91. The molecule has 2 aromatic heterocycles. The predicted octanol–water partition coefficient (Wildman–Crippen LogP) is 4.77. The van der Waals surface area contributed by atoms with Gasteiger partial charge >= 0.3 is 0 Å². The molecule has 0 spiro atoms. The molecule has 40 heavy (non-hydrogen) atoms. The third-order valence-corrected chi connectivity index (χ3v) is 9.34. The maximum absolute atomic E-state index is 12.6. The molecule has 210 valence electrons. The van der Waals surface area contributed by atoms with Crippen molar-refractivity contribution in [2.75, 3.05) is 36.4 Å². The molecule has 2 aliphatic heterocycles. The molecule has 1 saturated carbocycles. The Bertz CT molecular complexity index is 1370. The molecule has 0 radical (unpaired) electrons. The summed E-state index contributed by atoms with van der Waals surface area (Å²) >= 11 is 7.26. The molecule has 1 aliphatic carbocycles. The molecule has 4 heterocycles. The van der Waals surface area contributed by atoms with Crippen LogP contribution in [0.25, 0.3) is 0 Å². The summed E-state index contributed by atoms with van der Waals surface area (Å²) < 4.78 is 0.587. The van der Waals surface area contributed by atoms with Gasteiger partial charge in [0.25, 0.3) is 11.8 Å². The highest BCUT2D eigenvalue weighted by atomic mass is 35.5. The van der Waals surface area contributed by atoms with Gasteiger partial charge in [0.1, 0.15) is 5.82 Å². The lowest BCUT2D eigenvalue weighted by Gasteiger charge is -2.34. The van der Waals surface area contributed by atoms with E-state index in [1.165, 1.54) is 55.7 Å². The van der Waals surface area contributed by atoms with Crippen LogP contribution in [-0.2, 0) is 0 Å². The molecule has 2 saturated heterocycles. The number of aromatic nitrogens is 2. The number of amides is 2. The van der Waals surface area contributed by atoms with Crippen molar-refractivity contribution in [1.29, 1.82) is 0 Å². The van der Waals surface area contributed by atoms with Crippen LogP contribution in [0.2, 0.25) is 4.34 Å². The van der Waals surface area contributed by atoms with Crippen LogP contribution in [0.15, 0.2) is 42.6 Å². The highest BCUT2D eigenvalue weighted by molar-refractivity contribution is 7.18. The van der Waals surface area contributed by atoms with Crippen molar-refractivity contribution >= 4 is 52.1 Å². The number of rotatable bonds is 8. The van der Waals surface area contributed by atoms with Crippen LogP contribution in [0.1, 0.15) is 70.2 Å². The van der Waals surface area contributed by atoms with Gasteiger partial charge in [-0.15, -0.1) is 11.3 Å². The number of likely N-dealkylation sites (tertiary alicyclic amines) is 1. The monoisotopic (exact) mass is 579 g/mol. The minimum atomic E-state index is -0.640. The van der Waals surface area contributed by atoms with Gasteiger partial charge in [-0.3, -0.25) is 9.59 Å². The van der Waals surface area contributed by atoms with E-state index in [0.29, 0.717) is 33.3 Å². The molecule has 9 nitrogen and oxygen atoms in total. The Hall–Kier alpha value is -3.21. The Labute approximate surface area is 243 Å². The van der Waals surface area contributed by atoms with Crippen molar-refractivity contribution in [3.63, 3.8) is 0 Å². The number of piperidine rings is 2. The zero-order valence-corrected chi connectivity index (χ0v) is 23.9. The van der Waals surface area contributed by atoms with E-state index in [9.17, 15) is 9.59 Å². The summed E-state index contributed by atoms with van der Waals surface area (Å²) in [5, 5.41) is 6.38. The van der Waals surface area contributed by atoms with Gasteiger partial charge in [0, 0.05) is 30.9 Å². The van der Waals surface area contributed by atoms with Gasteiger partial charge in [0.15, 0.2) is 11.5 Å². The molecule has 1 aromatic carbocycles. The van der Waals surface area contributed by atoms with Gasteiger partial charge in [0.2, 0.25) is 0 Å². The average molecular weight is 580 g/mol. The number of anilines is 3. The highest BCUT2D eigenvalue weighted by Gasteiger charge is 2.32. The van der Waals surface area contributed by atoms with Crippen LogP contribution in [0, 0.1) is 0 Å². The summed E-state index contributed by atoms with van der Waals surface area (Å²) in [4.78, 5) is 39.2. The van der Waals surface area contributed by atoms with E-state index in [2.05, 4.69) is 37.6 Å². The first kappa shape index (κ1) is 27.0. The van der Waals surface area contributed by atoms with E-state index in [1.54, 1.807) is 18.3 Å². The second kappa shape index (κ2) is 11.7. The number of nitrogens with zero attached hydrogens (tertiary/aromatic N) is 4. The summed E-state index contributed by atoms with van der Waals surface area (Å²) in [7, 11) is 0. The topological polar surface area (TPSA) is 116 Å². The molecule has 1 unspecified atom stereocenters. The van der Waals surface area contributed by atoms with Crippen molar-refractivity contribution in [1.82, 2.24) is 20.2 Å². The molecule has 2 amide bonds. The van der Waals surface area contributed by atoms with Gasteiger partial charge in [-0.25, -0.2) is 9.97 Å². The number of nitrogens with two attached hydrogens (primary N) is 1. The van der Waals surface area contributed by atoms with Gasteiger partial charge in [0.05, 0.1) is 15.4 Å². The average Bonchev–Trinajstić information content (AvgIpc) is 3.73. The standard InChI is InChI=1S/C29H34ClN7O2S/c30-24-10-9-23(40-24)29(39)34-21-2-1-13-37(17-21)25-16-32-26(27(31)38)28(35-25)33-20-5-3-18(4-6-20)19-11-14-36(15-12-19)22-7-8-22/h3-6,9-10,16,19,21-22H,1-2,7-8,11-15,17H2,(H2,31,38)(H,33,35)(H,34,39). The number of hydrogen-bond acceptors (Lipinski definition) is 8. The molecule has 1 atom stereocenters. The fraction of sp³-hybridized carbons (Fsp3) is 0.448. The molecule has 3 aromatic rings. The largest absolute Gasteiger partial charge is 0.364 e. The number of halogens is 1. The first-order chi connectivity index (χ1) is 19.4. The lowest BCUT2D eigenvalue weighted by atomic mass is 9.89. The summed E-state index contributed by atoms with van der Waals surface area (Å²) in [5.41, 5.74) is 7.90. The minimum Gasteiger partial charge on any atom is -0.364 e. The SMILES string of the molecule is NC(=O)c1ncc(N2CCCC(NC(=O)c3ccc(Cl)s3)C2)nc1Nc1ccc(C2CCN(C3CC3)CC2)cc1. The summed E-state index contributed by atoms with van der Waals surface area (Å²) in [5.74, 6) is 0.773. The Morgan fingerprint density at radius 3 is 2.45 bits per heavy atom. The number of carbonyl (C=O) groups is 2. The molecule has 6 rings (SSSR count). The maximum atomic E-state index is 12.6. The van der Waals surface area contributed by atoms with Crippen molar-refractivity contribution in [3.05, 3.63) is 63.1 Å². The Morgan fingerprint density at radius 1 is 1.00 bits per heavy atom. The number of primary amides is 1. The third kappa shape index (κ3) is 6.24. The summed E-state index contributed by atoms with van der Waals surface area (Å²) in [6.45, 7) is 3.73. The zero-order valence-electron chi connectivity index (χ0n) is 22.3. The Morgan fingerprint density at radius 2 is 1.77 bits per heavy atom. The van der Waals surface area contributed by atoms with Gasteiger partial charge in [-0.05, 0) is 87.4 Å². The van der Waals surface area contributed by atoms with Crippen molar-refractivity contribution < 1.29 is 9.59 Å². The zero-order chi connectivity index (χ0) is 27.6. The third-order valence-electron chi connectivity index (χ3n) is 8.11. The molecule has 0 bridgehead atoms. The predicted molar refractivity (Wildman–Crippen MR) is 159 cm³/mol. The summed E-state index contributed by atoms with van der Waals surface area (Å²) in [6, 6.07) is 12.7. The minimum absolute atomic E-state index is 0.0418. The van der Waals surface area contributed by atoms with Crippen molar-refractivity contribution in [2.24, 2.45) is 5.73 Å². The van der Waals surface area contributed by atoms with E-state index < -0.39 is 5.91 Å². The fourth-order valence-electron chi connectivity index (χ4n) is 5.81. The van der Waals surface area contributed by atoms with Crippen LogP contribution in [0.5, 0.6) is 0 Å². The first-order valence-corrected chi connectivity index (χ1v) is 15.2. The number of carbonyl (C=O) groups excluding carboxylic acids is 2. The normalized spacial score (nSPS) is 20.3. The quantitative estimate of drug-likeness (QED) is 0.352.